The third-order valence-electron chi connectivity index (χ3n) is 2.06. The van der Waals surface area contributed by atoms with Crippen molar-refractivity contribution in [2.75, 3.05) is 6.61 Å². The van der Waals surface area contributed by atoms with Crippen molar-refractivity contribution in [2.45, 2.75) is 26.3 Å². The van der Waals surface area contributed by atoms with Crippen molar-refractivity contribution in [3.05, 3.63) is 32.6 Å². The van der Waals surface area contributed by atoms with Gasteiger partial charge in [0.1, 0.15) is 0 Å². The highest BCUT2D eigenvalue weighted by Crippen LogP contribution is 2.15. The number of halogens is 3. The summed E-state index contributed by atoms with van der Waals surface area (Å²) < 4.78 is 39.6. The molecule has 0 unspecified atom stereocenters. The minimum atomic E-state index is -4.72. The lowest BCUT2D eigenvalue weighted by molar-refractivity contribution is -0.325. The quantitative estimate of drug-likeness (QED) is 0.855. The van der Waals surface area contributed by atoms with Gasteiger partial charge in [0.2, 0.25) is 0 Å². The van der Waals surface area contributed by atoms with Crippen molar-refractivity contribution in [2.24, 2.45) is 0 Å². The molecule has 1 aromatic rings. The summed E-state index contributed by atoms with van der Waals surface area (Å²) in [6, 6.07) is 0. The van der Waals surface area contributed by atoms with E-state index in [4.69, 9.17) is 0 Å². The van der Waals surface area contributed by atoms with Crippen LogP contribution in [0, 0.1) is 0 Å². The highest BCUT2D eigenvalue weighted by atomic mass is 19.4. The van der Waals surface area contributed by atoms with E-state index in [1.54, 1.807) is 6.92 Å². The van der Waals surface area contributed by atoms with Crippen molar-refractivity contribution in [3.8, 4) is 0 Å². The summed E-state index contributed by atoms with van der Waals surface area (Å²) in [5.41, 5.74) is -0.944. The van der Waals surface area contributed by atoms with Crippen LogP contribution >= 0.6 is 0 Å². The molecular weight excluding hydrogens is 241 g/mol. The summed E-state index contributed by atoms with van der Waals surface area (Å²) >= 11 is 0. The molecule has 1 heterocycles. The Morgan fingerprint density at radius 1 is 1.41 bits per heavy atom. The molecule has 1 rings (SSSR count). The van der Waals surface area contributed by atoms with Gasteiger partial charge in [-0.3, -0.25) is 19.1 Å². The molecule has 0 aliphatic carbocycles. The third kappa shape index (κ3) is 4.06. The van der Waals surface area contributed by atoms with Crippen LogP contribution in [0.4, 0.5) is 13.2 Å². The fourth-order valence-corrected chi connectivity index (χ4v) is 1.23. The number of alkyl halides is 3. The summed E-state index contributed by atoms with van der Waals surface area (Å²) in [7, 11) is 0. The van der Waals surface area contributed by atoms with Gasteiger partial charge in [-0.2, -0.15) is 0 Å². The summed E-state index contributed by atoms with van der Waals surface area (Å²) in [6.45, 7) is 0.742. The van der Waals surface area contributed by atoms with Crippen LogP contribution in [0.5, 0.6) is 0 Å². The van der Waals surface area contributed by atoms with Crippen molar-refractivity contribution in [3.63, 3.8) is 0 Å². The van der Waals surface area contributed by atoms with E-state index < -0.39 is 24.2 Å². The van der Waals surface area contributed by atoms with Crippen LogP contribution in [0.15, 0.2) is 15.8 Å². The van der Waals surface area contributed by atoms with E-state index in [9.17, 15) is 22.8 Å². The van der Waals surface area contributed by atoms with Gasteiger partial charge in [0.15, 0.2) is 0 Å². The van der Waals surface area contributed by atoms with Crippen LogP contribution in [0.25, 0.3) is 0 Å². The fourth-order valence-electron chi connectivity index (χ4n) is 1.23. The lowest BCUT2D eigenvalue weighted by Crippen LogP contribution is -2.33. The molecule has 0 amide bonds. The second-order valence-corrected chi connectivity index (χ2v) is 3.25. The molecule has 0 atom stereocenters. The SMILES string of the molecule is CCc1cn(CCOC(F)(F)F)c(=O)[nH]c1=O. The van der Waals surface area contributed by atoms with Gasteiger partial charge in [0.25, 0.3) is 5.56 Å². The molecule has 0 bridgehead atoms. The molecule has 0 saturated heterocycles. The van der Waals surface area contributed by atoms with Gasteiger partial charge < -0.3 is 0 Å². The second-order valence-electron chi connectivity index (χ2n) is 3.25. The molecular formula is C9H11F3N2O3. The van der Waals surface area contributed by atoms with Gasteiger partial charge >= 0.3 is 12.1 Å². The normalized spacial score (nSPS) is 11.8. The molecule has 0 spiro atoms. The first-order valence-corrected chi connectivity index (χ1v) is 4.87. The summed E-state index contributed by atoms with van der Waals surface area (Å²) in [5.74, 6) is 0. The molecule has 0 aliphatic heterocycles. The molecule has 1 aromatic heterocycles. The van der Waals surface area contributed by atoms with Crippen LogP contribution in [-0.2, 0) is 17.7 Å². The van der Waals surface area contributed by atoms with Gasteiger partial charge in [-0.25, -0.2) is 4.79 Å². The number of hydrogen-bond donors (Lipinski definition) is 1. The van der Waals surface area contributed by atoms with E-state index in [-0.39, 0.29) is 6.54 Å². The van der Waals surface area contributed by atoms with Gasteiger partial charge in [-0.15, -0.1) is 13.2 Å². The average Bonchev–Trinajstić information content (AvgIpc) is 2.19. The van der Waals surface area contributed by atoms with Crippen molar-refractivity contribution < 1.29 is 17.9 Å². The number of ether oxygens (including phenoxy) is 1. The van der Waals surface area contributed by atoms with E-state index in [0.29, 0.717) is 12.0 Å². The van der Waals surface area contributed by atoms with E-state index in [0.717, 1.165) is 4.57 Å². The Hall–Kier alpha value is -1.57. The topological polar surface area (TPSA) is 64.1 Å². The molecule has 8 heteroatoms. The number of aryl methyl sites for hydroxylation is 1. The van der Waals surface area contributed by atoms with Gasteiger partial charge in [-0.05, 0) is 6.42 Å². The predicted octanol–water partition coefficient (Wildman–Crippen LogP) is 0.635. The smallest absolute Gasteiger partial charge is 0.298 e. The van der Waals surface area contributed by atoms with Crippen LogP contribution in [-0.4, -0.2) is 22.5 Å². The van der Waals surface area contributed by atoms with Gasteiger partial charge in [-0.1, -0.05) is 6.92 Å². The van der Waals surface area contributed by atoms with Crippen LogP contribution < -0.4 is 11.2 Å². The minimum Gasteiger partial charge on any atom is -0.298 e. The number of hydrogen-bond acceptors (Lipinski definition) is 3. The highest BCUT2D eigenvalue weighted by molar-refractivity contribution is 5.03. The summed E-state index contributed by atoms with van der Waals surface area (Å²) in [4.78, 5) is 24.4. The molecule has 0 saturated carbocycles. The van der Waals surface area contributed by atoms with Crippen LogP contribution in [0.2, 0.25) is 0 Å². The molecule has 0 radical (unpaired) electrons. The summed E-state index contributed by atoms with van der Waals surface area (Å²) in [6.07, 6.45) is -3.10. The van der Waals surface area contributed by atoms with Gasteiger partial charge in [0.05, 0.1) is 13.2 Å². The number of aromatic amines is 1. The molecule has 1 N–H and O–H groups in total. The van der Waals surface area contributed by atoms with E-state index in [2.05, 4.69) is 4.74 Å². The Labute approximate surface area is 93.8 Å². The average molecular weight is 252 g/mol. The first kappa shape index (κ1) is 13.5. The maximum atomic E-state index is 11.7. The number of aromatic nitrogens is 2. The Bertz CT molecular complexity index is 489. The van der Waals surface area contributed by atoms with E-state index >= 15 is 0 Å². The molecule has 0 fully saturated rings. The Kier molecular flexibility index (Phi) is 4.11. The zero-order valence-corrected chi connectivity index (χ0v) is 9.00. The predicted molar refractivity (Wildman–Crippen MR) is 52.7 cm³/mol. The number of nitrogens with one attached hydrogen (secondary N) is 1. The first-order valence-electron chi connectivity index (χ1n) is 4.87. The zero-order valence-electron chi connectivity index (χ0n) is 9.00. The van der Waals surface area contributed by atoms with Gasteiger partial charge in [0, 0.05) is 11.8 Å². The minimum absolute atomic E-state index is 0.276. The Morgan fingerprint density at radius 3 is 2.59 bits per heavy atom. The molecule has 5 nitrogen and oxygen atoms in total. The lowest BCUT2D eigenvalue weighted by Gasteiger charge is -2.09. The fraction of sp³-hybridized carbons (Fsp3) is 0.556. The number of H-pyrrole nitrogens is 1. The third-order valence-corrected chi connectivity index (χ3v) is 2.06. The first-order chi connectivity index (χ1) is 7.83. The second kappa shape index (κ2) is 5.17. The number of rotatable bonds is 4. The highest BCUT2D eigenvalue weighted by Gasteiger charge is 2.28. The molecule has 0 aromatic carbocycles. The molecule has 96 valence electrons. The van der Waals surface area contributed by atoms with Crippen molar-refractivity contribution in [1.82, 2.24) is 9.55 Å². The Balaban J connectivity index is 2.78. The van der Waals surface area contributed by atoms with Crippen LogP contribution in [0.1, 0.15) is 12.5 Å². The number of nitrogens with zero attached hydrogens (tertiary/aromatic N) is 1. The van der Waals surface area contributed by atoms with E-state index in [1.165, 1.54) is 6.20 Å². The monoisotopic (exact) mass is 252 g/mol. The van der Waals surface area contributed by atoms with Crippen molar-refractivity contribution in [1.29, 1.82) is 0 Å². The standard InChI is InChI=1S/C9H11F3N2O3/c1-2-6-5-14(8(16)13-7(6)15)3-4-17-9(10,11)12/h5H,2-4H2,1H3,(H,13,15,16). The largest absolute Gasteiger partial charge is 0.522 e. The lowest BCUT2D eigenvalue weighted by atomic mass is 10.3. The summed E-state index contributed by atoms with van der Waals surface area (Å²) in [5, 5.41) is 0. The van der Waals surface area contributed by atoms with Crippen LogP contribution in [0.3, 0.4) is 0 Å². The van der Waals surface area contributed by atoms with E-state index in [1.807, 2.05) is 4.98 Å². The maximum absolute atomic E-state index is 11.7. The van der Waals surface area contributed by atoms with Crippen molar-refractivity contribution >= 4 is 0 Å². The zero-order chi connectivity index (χ0) is 13.1. The molecule has 17 heavy (non-hydrogen) atoms. The Morgan fingerprint density at radius 2 is 2.06 bits per heavy atom. The molecule has 0 aliphatic rings. The maximum Gasteiger partial charge on any atom is 0.522 e.